The highest BCUT2D eigenvalue weighted by Gasteiger charge is 2.70. The molecule has 3 N–H and O–H groups in total. The number of aliphatic carboxylic acids is 1. The number of rotatable bonds is 12. The van der Waals surface area contributed by atoms with E-state index >= 15 is 0 Å². The maximum atomic E-state index is 14.2. The topological polar surface area (TPSA) is 116 Å². The minimum absolute atomic E-state index is 0.0198. The first-order valence-corrected chi connectivity index (χ1v) is 21.4. The number of Topliss-reactive ketones (excluding diaryl/α,β-unsaturated/α-hetero) is 1. The second-order valence-electron chi connectivity index (χ2n) is 21.2. The van der Waals surface area contributed by atoms with Crippen molar-refractivity contribution in [2.45, 2.75) is 145 Å². The molecule has 8 nitrogen and oxygen atoms in total. The molecule has 5 aliphatic rings. The van der Waals surface area contributed by atoms with Crippen LogP contribution in [0.4, 0.5) is 0 Å². The Labute approximate surface area is 331 Å². The molecule has 0 saturated heterocycles. The maximum absolute atomic E-state index is 14.2. The number of benzene rings is 1. The van der Waals surface area contributed by atoms with E-state index in [4.69, 9.17) is 4.74 Å². The molecule has 0 radical (unpaired) electrons. The van der Waals surface area contributed by atoms with Gasteiger partial charge in [-0.15, -0.1) is 0 Å². The van der Waals surface area contributed by atoms with Crippen LogP contribution in [0.3, 0.4) is 0 Å². The number of likely N-dealkylation sites (N-methyl/N-ethyl adjacent to an activating group) is 1. The van der Waals surface area contributed by atoms with Crippen LogP contribution in [-0.2, 0) is 19.1 Å². The van der Waals surface area contributed by atoms with Gasteiger partial charge in [0.25, 0.3) is 0 Å². The summed E-state index contributed by atoms with van der Waals surface area (Å²) in [6.45, 7) is 21.0. The number of hydrogen-bond acceptors (Lipinski definition) is 7. The van der Waals surface area contributed by atoms with Gasteiger partial charge in [-0.2, -0.15) is 0 Å². The van der Waals surface area contributed by atoms with Gasteiger partial charge in [0, 0.05) is 36.4 Å². The minimum Gasteiger partial charge on any atom is -0.481 e. The number of esters is 1. The molecule has 4 saturated carbocycles. The molecule has 0 bridgehead atoms. The fourth-order valence-electron chi connectivity index (χ4n) is 13.7. The van der Waals surface area contributed by atoms with Gasteiger partial charge in [-0.3, -0.25) is 14.4 Å². The molecule has 55 heavy (non-hydrogen) atoms. The normalized spacial score (nSPS) is 36.8. The predicted octanol–water partition coefficient (Wildman–Crippen LogP) is 8.63. The third kappa shape index (κ3) is 6.86. The Morgan fingerprint density at radius 2 is 1.60 bits per heavy atom. The van der Waals surface area contributed by atoms with Crippen molar-refractivity contribution in [3.63, 3.8) is 0 Å². The molecule has 4 fully saturated rings. The summed E-state index contributed by atoms with van der Waals surface area (Å²) in [6.07, 6.45) is 7.18. The number of allylic oxidation sites excluding steroid dienone is 1. The van der Waals surface area contributed by atoms with Crippen molar-refractivity contribution in [2.75, 3.05) is 27.2 Å². The molecule has 6 rings (SSSR count). The van der Waals surface area contributed by atoms with Gasteiger partial charge in [0.05, 0.1) is 17.9 Å². The average Bonchev–Trinajstić information content (AvgIpc) is 3.41. The summed E-state index contributed by atoms with van der Waals surface area (Å²) >= 11 is 0. The minimum atomic E-state index is -1.17. The van der Waals surface area contributed by atoms with Gasteiger partial charge >= 0.3 is 11.9 Å². The number of carbonyl (C=O) groups is 3. The van der Waals surface area contributed by atoms with Gasteiger partial charge in [-0.05, 0) is 130 Å². The Balaban J connectivity index is 1.27. The first-order valence-electron chi connectivity index (χ1n) is 21.4. The van der Waals surface area contributed by atoms with E-state index in [1.54, 1.807) is 13.8 Å². The second-order valence-corrected chi connectivity index (χ2v) is 21.2. The summed E-state index contributed by atoms with van der Waals surface area (Å²) in [6, 6.07) is 10.5. The lowest BCUT2D eigenvalue weighted by atomic mass is 9.33. The number of fused-ring (bicyclic) bond motifs is 7. The number of ether oxygens (including phenoxy) is 1. The SMILES string of the molecule is CC(C)C1=C2[C@H]3CC[C@@H]4[C@@]5(C)CC[C@H](OC(=O)CC(C)(C)C(=O)O)C(C)(C)[C@@H]5CC[C@@]4(C)[C@]3(C)CCC2(C(O)CN[C@@H](CN(C)C)c2ccccc2)CC1=O. The van der Waals surface area contributed by atoms with Crippen LogP contribution < -0.4 is 5.32 Å². The summed E-state index contributed by atoms with van der Waals surface area (Å²) in [5.74, 6) is 0.0404. The second kappa shape index (κ2) is 14.7. The van der Waals surface area contributed by atoms with E-state index in [0.29, 0.717) is 24.8 Å². The van der Waals surface area contributed by atoms with Crippen LogP contribution in [0.2, 0.25) is 0 Å². The third-order valence-electron chi connectivity index (χ3n) is 16.8. The van der Waals surface area contributed by atoms with Crippen molar-refractivity contribution < 1.29 is 29.3 Å². The zero-order valence-electron chi connectivity index (χ0n) is 35.9. The highest BCUT2D eigenvalue weighted by molar-refractivity contribution is 6.00. The Morgan fingerprint density at radius 3 is 2.22 bits per heavy atom. The Morgan fingerprint density at radius 1 is 0.927 bits per heavy atom. The van der Waals surface area contributed by atoms with Crippen molar-refractivity contribution in [3.05, 3.63) is 47.0 Å². The predicted molar refractivity (Wildman–Crippen MR) is 217 cm³/mol. The van der Waals surface area contributed by atoms with Crippen LogP contribution in [0, 0.1) is 56.2 Å². The molecule has 0 spiro atoms. The molecule has 306 valence electrons. The molecular weight excluding hydrogens is 689 g/mol. The number of carbonyl (C=O) groups excluding carboxylic acids is 2. The molecule has 1 aromatic rings. The molecular formula is C47H72N2O6. The maximum Gasteiger partial charge on any atom is 0.309 e. The lowest BCUT2D eigenvalue weighted by Gasteiger charge is -2.72. The Bertz CT molecular complexity index is 1670. The van der Waals surface area contributed by atoms with E-state index in [1.807, 2.05) is 6.07 Å². The van der Waals surface area contributed by atoms with Crippen LogP contribution in [-0.4, -0.2) is 72.2 Å². The van der Waals surface area contributed by atoms with Gasteiger partial charge in [0.2, 0.25) is 0 Å². The van der Waals surface area contributed by atoms with Crippen molar-refractivity contribution in [1.82, 2.24) is 10.2 Å². The molecule has 8 heteroatoms. The average molecular weight is 761 g/mol. The Hall–Kier alpha value is -2.55. The monoisotopic (exact) mass is 761 g/mol. The third-order valence-corrected chi connectivity index (χ3v) is 16.8. The van der Waals surface area contributed by atoms with Gasteiger partial charge in [-0.1, -0.05) is 84.4 Å². The van der Waals surface area contributed by atoms with E-state index < -0.39 is 28.9 Å². The molecule has 10 atom stereocenters. The number of hydrogen-bond donors (Lipinski definition) is 3. The molecule has 0 amide bonds. The van der Waals surface area contributed by atoms with Crippen LogP contribution in [0.15, 0.2) is 41.5 Å². The van der Waals surface area contributed by atoms with E-state index in [1.165, 1.54) is 11.1 Å². The summed E-state index contributed by atoms with van der Waals surface area (Å²) in [5, 5.41) is 25.8. The first-order chi connectivity index (χ1) is 25.5. The van der Waals surface area contributed by atoms with E-state index in [0.717, 1.165) is 63.5 Å². The van der Waals surface area contributed by atoms with Gasteiger partial charge in [0.15, 0.2) is 5.78 Å². The highest BCUT2D eigenvalue weighted by atomic mass is 16.5. The number of aliphatic hydroxyl groups excluding tert-OH is 1. The number of carboxylic acids is 1. The molecule has 0 aliphatic heterocycles. The van der Waals surface area contributed by atoms with E-state index in [9.17, 15) is 24.6 Å². The number of ketones is 1. The zero-order valence-corrected chi connectivity index (χ0v) is 35.9. The van der Waals surface area contributed by atoms with Crippen LogP contribution >= 0.6 is 0 Å². The zero-order chi connectivity index (χ0) is 40.5. The smallest absolute Gasteiger partial charge is 0.309 e. The van der Waals surface area contributed by atoms with Crippen LogP contribution in [0.25, 0.3) is 0 Å². The first kappa shape index (κ1) is 42.1. The molecule has 5 aliphatic carbocycles. The van der Waals surface area contributed by atoms with E-state index in [2.05, 4.69) is 97.0 Å². The summed E-state index contributed by atoms with van der Waals surface area (Å²) in [7, 11) is 4.16. The van der Waals surface area contributed by atoms with Crippen molar-refractivity contribution in [3.8, 4) is 0 Å². The van der Waals surface area contributed by atoms with Crippen molar-refractivity contribution in [2.24, 2.45) is 56.2 Å². The largest absolute Gasteiger partial charge is 0.481 e. The summed E-state index contributed by atoms with van der Waals surface area (Å²) in [4.78, 5) is 41.3. The van der Waals surface area contributed by atoms with Gasteiger partial charge in [-0.25, -0.2) is 0 Å². The number of carboxylic acid groups (broad SMARTS) is 1. The summed E-state index contributed by atoms with van der Waals surface area (Å²) in [5.41, 5.74) is 1.63. The molecule has 0 aromatic heterocycles. The Kier molecular flexibility index (Phi) is 11.2. The highest BCUT2D eigenvalue weighted by Crippen LogP contribution is 2.77. The number of aliphatic hydroxyl groups is 1. The number of nitrogens with zero attached hydrogens (tertiary/aromatic N) is 1. The van der Waals surface area contributed by atoms with Gasteiger partial charge < -0.3 is 25.2 Å². The van der Waals surface area contributed by atoms with Gasteiger partial charge in [0.1, 0.15) is 6.10 Å². The fraction of sp³-hybridized carbons (Fsp3) is 0.766. The fourth-order valence-corrected chi connectivity index (χ4v) is 13.7. The van der Waals surface area contributed by atoms with Crippen LogP contribution in [0.5, 0.6) is 0 Å². The van der Waals surface area contributed by atoms with E-state index in [-0.39, 0.29) is 57.8 Å². The number of nitrogens with one attached hydrogen (secondary N) is 1. The van der Waals surface area contributed by atoms with Crippen molar-refractivity contribution in [1.29, 1.82) is 0 Å². The standard InChI is InChI=1S/C47H72N2O6/c1-29(2)39-33(50)25-47(36(51)27-48-32(28-49(10)11)30-15-13-12-14-16-30)24-23-45(8)31(40(39)47)17-18-35-44(7)21-20-37(55-38(52)26-42(3,4)41(53)54)43(5,6)34(44)19-22-46(35,45)9/h12-16,29,31-32,34-37,48,51H,17-28H2,1-11H3,(H,53,54)/t31-,32+,34+,35-,36?,37+,44+,45-,46-,47?/m1/s1. The molecule has 1 aromatic carbocycles. The molecule has 2 unspecified atom stereocenters. The lowest BCUT2D eigenvalue weighted by Crippen LogP contribution is -2.66. The van der Waals surface area contributed by atoms with Crippen molar-refractivity contribution >= 4 is 17.7 Å². The summed E-state index contributed by atoms with van der Waals surface area (Å²) < 4.78 is 6.19. The van der Waals surface area contributed by atoms with Crippen LogP contribution in [0.1, 0.15) is 138 Å². The molecule has 0 heterocycles. The quantitative estimate of drug-likeness (QED) is 0.182. The lowest BCUT2D eigenvalue weighted by molar-refractivity contribution is -0.235.